The number of carbonyl (C=O) groups is 1. The fourth-order valence-corrected chi connectivity index (χ4v) is 4.48. The number of hydrogen-bond donors (Lipinski definition) is 1. The summed E-state index contributed by atoms with van der Waals surface area (Å²) in [6.07, 6.45) is 0. The zero-order valence-electron chi connectivity index (χ0n) is 8.73. The Kier molecular flexibility index (Phi) is 1.52. The number of rotatable bonds is 1. The number of nitrogens with one attached hydrogen (secondary N) is 1. The third-order valence-corrected chi connectivity index (χ3v) is 6.33. The molecule has 15 heavy (non-hydrogen) atoms. The van der Waals surface area contributed by atoms with Crippen molar-refractivity contribution in [1.82, 2.24) is 9.62 Å². The van der Waals surface area contributed by atoms with Gasteiger partial charge in [0.25, 0.3) is 15.9 Å². The summed E-state index contributed by atoms with van der Waals surface area (Å²) in [5.74, 6) is 0.488. The van der Waals surface area contributed by atoms with Gasteiger partial charge in [0.05, 0.1) is 6.04 Å². The van der Waals surface area contributed by atoms with E-state index < -0.39 is 14.8 Å². The first kappa shape index (κ1) is 9.59. The Morgan fingerprint density at radius 1 is 1.33 bits per heavy atom. The third kappa shape index (κ3) is 0.880. The summed E-state index contributed by atoms with van der Waals surface area (Å²) in [7, 11) is -3.37. The minimum Gasteiger partial charge on any atom is -0.316 e. The molecule has 2 heterocycles. The monoisotopic (exact) mass is 230 g/mol. The van der Waals surface area contributed by atoms with Crippen LogP contribution in [0.2, 0.25) is 0 Å². The van der Waals surface area contributed by atoms with E-state index in [0.29, 0.717) is 11.8 Å². The van der Waals surface area contributed by atoms with Gasteiger partial charge >= 0.3 is 0 Å². The van der Waals surface area contributed by atoms with Gasteiger partial charge in [0.1, 0.15) is 0 Å². The van der Waals surface area contributed by atoms with Crippen molar-refractivity contribution < 1.29 is 13.2 Å². The molecule has 2 atom stereocenters. The summed E-state index contributed by atoms with van der Waals surface area (Å²) in [4.78, 5) is 11.7. The third-order valence-electron chi connectivity index (χ3n) is 3.94. The highest BCUT2D eigenvalue weighted by atomic mass is 32.2. The Morgan fingerprint density at radius 2 is 1.87 bits per heavy atom. The molecule has 0 spiro atoms. The molecule has 0 radical (unpaired) electrons. The van der Waals surface area contributed by atoms with E-state index >= 15 is 0 Å². The molecule has 84 valence electrons. The lowest BCUT2D eigenvalue weighted by Gasteiger charge is -2.44. The van der Waals surface area contributed by atoms with Crippen LogP contribution < -0.4 is 5.32 Å². The Hall–Kier alpha value is -0.620. The summed E-state index contributed by atoms with van der Waals surface area (Å²) in [6, 6.07) is -0.0447. The summed E-state index contributed by atoms with van der Waals surface area (Å²) in [5, 5.41) is 3.18. The molecular formula is C9H14N2O3S. The molecule has 2 unspecified atom stereocenters. The molecule has 3 rings (SSSR count). The highest BCUT2D eigenvalue weighted by Gasteiger charge is 2.70. The summed E-state index contributed by atoms with van der Waals surface area (Å²) in [5.41, 5.74) is 0. The fraction of sp³-hybridized carbons (Fsp3) is 0.889. The van der Waals surface area contributed by atoms with Crippen molar-refractivity contribution in [2.75, 3.05) is 13.1 Å². The topological polar surface area (TPSA) is 66.5 Å². The Morgan fingerprint density at radius 3 is 2.33 bits per heavy atom. The average molecular weight is 230 g/mol. The first-order chi connectivity index (χ1) is 6.89. The van der Waals surface area contributed by atoms with Crippen LogP contribution in [0, 0.1) is 11.8 Å². The number of piperidine rings is 1. The smallest absolute Gasteiger partial charge is 0.259 e. The number of nitrogens with zero attached hydrogens (tertiary/aromatic N) is 1. The normalized spacial score (nSPS) is 44.8. The highest BCUT2D eigenvalue weighted by molar-refractivity contribution is 7.94. The minimum absolute atomic E-state index is 0.0447. The zero-order chi connectivity index (χ0) is 11.0. The van der Waals surface area contributed by atoms with Crippen LogP contribution in [-0.2, 0) is 14.8 Å². The van der Waals surface area contributed by atoms with E-state index in [2.05, 4.69) is 5.32 Å². The van der Waals surface area contributed by atoms with E-state index in [-0.39, 0.29) is 11.9 Å². The van der Waals surface area contributed by atoms with Crippen molar-refractivity contribution in [2.45, 2.75) is 24.6 Å². The first-order valence-corrected chi connectivity index (χ1v) is 6.62. The number of hydrogen-bond acceptors (Lipinski definition) is 4. The van der Waals surface area contributed by atoms with E-state index in [4.69, 9.17) is 0 Å². The molecule has 1 aliphatic carbocycles. The zero-order valence-corrected chi connectivity index (χ0v) is 9.54. The predicted molar refractivity (Wildman–Crippen MR) is 53.5 cm³/mol. The van der Waals surface area contributed by atoms with Crippen LogP contribution in [0.4, 0.5) is 0 Å². The summed E-state index contributed by atoms with van der Waals surface area (Å²) in [6.45, 7) is 4.65. The van der Waals surface area contributed by atoms with Gasteiger partial charge in [-0.25, -0.2) is 12.7 Å². The van der Waals surface area contributed by atoms with Gasteiger partial charge in [-0.05, 0) is 25.7 Å². The second-order valence-electron chi connectivity index (χ2n) is 5.09. The SMILES string of the molecule is CC1(C)C(=O)N(C2C3CNCC32)S1(=O)=O. The molecule has 1 N–H and O–H groups in total. The van der Waals surface area contributed by atoms with Gasteiger partial charge < -0.3 is 5.32 Å². The van der Waals surface area contributed by atoms with Crippen molar-refractivity contribution >= 4 is 15.9 Å². The maximum atomic E-state index is 11.9. The molecule has 6 heteroatoms. The first-order valence-electron chi connectivity index (χ1n) is 5.18. The number of carbonyl (C=O) groups excluding carboxylic acids is 1. The van der Waals surface area contributed by atoms with Gasteiger partial charge in [0, 0.05) is 13.1 Å². The standard InChI is InChI=1S/C9H14N2O3S/c1-9(2)8(12)11(15(9,13)14)7-5-3-10-4-6(5)7/h5-7,10H,3-4H2,1-2H3. The van der Waals surface area contributed by atoms with Gasteiger partial charge in [0.15, 0.2) is 4.75 Å². The van der Waals surface area contributed by atoms with Crippen molar-refractivity contribution in [3.05, 3.63) is 0 Å². The van der Waals surface area contributed by atoms with E-state index in [1.807, 2.05) is 0 Å². The molecule has 0 aromatic heterocycles. The predicted octanol–water partition coefficient (Wildman–Crippen LogP) is -0.845. The molecule has 3 fully saturated rings. The van der Waals surface area contributed by atoms with Crippen molar-refractivity contribution in [3.63, 3.8) is 0 Å². The minimum atomic E-state index is -3.37. The average Bonchev–Trinajstić information content (AvgIpc) is 2.61. The van der Waals surface area contributed by atoms with E-state index in [1.54, 1.807) is 0 Å². The number of fused-ring (bicyclic) bond motifs is 1. The van der Waals surface area contributed by atoms with Gasteiger partial charge in [0.2, 0.25) is 0 Å². The molecule has 1 saturated carbocycles. The quantitative estimate of drug-likeness (QED) is 0.637. The van der Waals surface area contributed by atoms with E-state index in [1.165, 1.54) is 13.8 Å². The van der Waals surface area contributed by atoms with Crippen LogP contribution in [0.1, 0.15) is 13.8 Å². The summed E-state index contributed by atoms with van der Waals surface area (Å²) >= 11 is 0. The van der Waals surface area contributed by atoms with E-state index in [0.717, 1.165) is 17.4 Å². The van der Waals surface area contributed by atoms with Gasteiger partial charge in [-0.3, -0.25) is 4.79 Å². The molecule has 3 aliphatic rings. The Bertz CT molecular complexity index is 432. The molecule has 2 saturated heterocycles. The molecule has 0 aromatic carbocycles. The van der Waals surface area contributed by atoms with Crippen LogP contribution in [0.25, 0.3) is 0 Å². The lowest BCUT2D eigenvalue weighted by molar-refractivity contribution is -0.132. The number of amides is 1. The van der Waals surface area contributed by atoms with Gasteiger partial charge in [-0.15, -0.1) is 0 Å². The Balaban J connectivity index is 1.89. The lowest BCUT2D eigenvalue weighted by Crippen LogP contribution is -2.68. The van der Waals surface area contributed by atoms with Crippen LogP contribution in [0.3, 0.4) is 0 Å². The van der Waals surface area contributed by atoms with Crippen LogP contribution in [-0.4, -0.2) is 42.5 Å². The van der Waals surface area contributed by atoms with Crippen LogP contribution >= 0.6 is 0 Å². The lowest BCUT2D eigenvalue weighted by atomic mass is 10.2. The second kappa shape index (κ2) is 2.38. The largest absolute Gasteiger partial charge is 0.316 e. The molecule has 1 amide bonds. The van der Waals surface area contributed by atoms with Crippen LogP contribution in [0.15, 0.2) is 0 Å². The van der Waals surface area contributed by atoms with Gasteiger partial charge in [-0.1, -0.05) is 0 Å². The van der Waals surface area contributed by atoms with Crippen LogP contribution in [0.5, 0.6) is 0 Å². The van der Waals surface area contributed by atoms with Crippen molar-refractivity contribution in [3.8, 4) is 0 Å². The fourth-order valence-electron chi connectivity index (χ4n) is 2.72. The maximum Gasteiger partial charge on any atom is 0.259 e. The molecule has 2 aliphatic heterocycles. The molecule has 0 aromatic rings. The van der Waals surface area contributed by atoms with Crippen molar-refractivity contribution in [1.29, 1.82) is 0 Å². The molecular weight excluding hydrogens is 216 g/mol. The molecule has 0 bridgehead atoms. The molecule has 5 nitrogen and oxygen atoms in total. The summed E-state index contributed by atoms with van der Waals surface area (Å²) < 4.78 is 23.7. The number of sulfonamides is 1. The van der Waals surface area contributed by atoms with Crippen molar-refractivity contribution in [2.24, 2.45) is 11.8 Å². The highest BCUT2D eigenvalue weighted by Crippen LogP contribution is 2.52. The second-order valence-corrected chi connectivity index (χ2v) is 7.46. The van der Waals surface area contributed by atoms with Gasteiger partial charge in [-0.2, -0.15) is 0 Å². The maximum absolute atomic E-state index is 11.9. The Labute approximate surface area is 88.9 Å². The van der Waals surface area contributed by atoms with E-state index in [9.17, 15) is 13.2 Å².